The van der Waals surface area contributed by atoms with Gasteiger partial charge in [0, 0.05) is 11.8 Å². The molecule has 0 fully saturated rings. The van der Waals surface area contributed by atoms with Crippen molar-refractivity contribution < 1.29 is 14.2 Å². The van der Waals surface area contributed by atoms with Crippen LogP contribution in [0.15, 0.2) is 36.4 Å². The molecular formula is C17H18FNO2. The Bertz CT molecular complexity index is 657. The molecule has 110 valence electrons. The fourth-order valence-electron chi connectivity index (χ4n) is 2.82. The summed E-state index contributed by atoms with van der Waals surface area (Å²) in [6, 6.07) is 10.5. The molecule has 0 aliphatic heterocycles. The minimum Gasteiger partial charge on any atom is -0.508 e. The molecule has 0 saturated carbocycles. The van der Waals surface area contributed by atoms with Gasteiger partial charge in [-0.25, -0.2) is 4.39 Å². The number of anilines is 1. The maximum atomic E-state index is 13.9. The summed E-state index contributed by atoms with van der Waals surface area (Å²) in [6.07, 6.45) is 1.86. The van der Waals surface area contributed by atoms with E-state index in [-0.39, 0.29) is 17.6 Å². The number of aromatic hydroxyl groups is 1. The molecule has 0 heterocycles. The van der Waals surface area contributed by atoms with Crippen LogP contribution >= 0.6 is 0 Å². The molecule has 2 aromatic carbocycles. The minimum absolute atomic E-state index is 0.151. The third-order valence-electron chi connectivity index (χ3n) is 3.78. The molecule has 1 aliphatic rings. The van der Waals surface area contributed by atoms with Gasteiger partial charge < -0.3 is 15.2 Å². The second-order valence-corrected chi connectivity index (χ2v) is 5.20. The smallest absolute Gasteiger partial charge is 0.167 e. The van der Waals surface area contributed by atoms with Gasteiger partial charge in [0.25, 0.3) is 0 Å². The molecule has 2 aromatic rings. The third kappa shape index (κ3) is 2.79. The Kier molecular flexibility index (Phi) is 3.69. The van der Waals surface area contributed by atoms with Gasteiger partial charge in [-0.15, -0.1) is 0 Å². The van der Waals surface area contributed by atoms with Gasteiger partial charge in [0.2, 0.25) is 0 Å². The van der Waals surface area contributed by atoms with Gasteiger partial charge in [-0.1, -0.05) is 6.07 Å². The molecule has 1 unspecified atom stereocenters. The molecule has 1 aliphatic carbocycles. The number of hydrogen-bond donors (Lipinski definition) is 2. The average molecular weight is 287 g/mol. The van der Waals surface area contributed by atoms with Crippen molar-refractivity contribution in [2.45, 2.75) is 25.8 Å². The molecule has 3 rings (SSSR count). The van der Waals surface area contributed by atoms with E-state index in [0.717, 1.165) is 24.1 Å². The third-order valence-corrected chi connectivity index (χ3v) is 3.78. The number of phenolic OH excluding ortho intramolecular Hbond substituents is 1. The van der Waals surface area contributed by atoms with Crippen LogP contribution in [0, 0.1) is 5.82 Å². The Morgan fingerprint density at radius 3 is 2.90 bits per heavy atom. The van der Waals surface area contributed by atoms with E-state index in [1.165, 1.54) is 11.6 Å². The molecule has 2 N–H and O–H groups in total. The van der Waals surface area contributed by atoms with Gasteiger partial charge in [-0.2, -0.15) is 0 Å². The molecule has 4 heteroatoms. The highest BCUT2D eigenvalue weighted by atomic mass is 19.1. The zero-order valence-corrected chi connectivity index (χ0v) is 11.9. The van der Waals surface area contributed by atoms with Gasteiger partial charge in [0.05, 0.1) is 12.6 Å². The van der Waals surface area contributed by atoms with Crippen molar-refractivity contribution >= 4 is 5.69 Å². The van der Waals surface area contributed by atoms with Gasteiger partial charge in [0.1, 0.15) is 5.75 Å². The van der Waals surface area contributed by atoms with E-state index >= 15 is 0 Å². The summed E-state index contributed by atoms with van der Waals surface area (Å²) in [4.78, 5) is 0. The molecule has 0 radical (unpaired) electrons. The summed E-state index contributed by atoms with van der Waals surface area (Å²) >= 11 is 0. The van der Waals surface area contributed by atoms with Crippen LogP contribution in [0.25, 0.3) is 0 Å². The first-order valence-electron chi connectivity index (χ1n) is 7.18. The van der Waals surface area contributed by atoms with E-state index in [1.54, 1.807) is 18.2 Å². The fourth-order valence-corrected chi connectivity index (χ4v) is 2.82. The first kappa shape index (κ1) is 13.7. The lowest BCUT2D eigenvalue weighted by Gasteiger charge is -2.16. The number of aryl methyl sites for hydroxylation is 1. The normalized spacial score (nSPS) is 16.6. The highest BCUT2D eigenvalue weighted by Gasteiger charge is 2.22. The molecule has 0 spiro atoms. The van der Waals surface area contributed by atoms with Crippen LogP contribution < -0.4 is 10.1 Å². The maximum absolute atomic E-state index is 13.9. The number of nitrogens with one attached hydrogen (secondary N) is 1. The number of ether oxygens (including phenoxy) is 1. The van der Waals surface area contributed by atoms with E-state index in [0.29, 0.717) is 12.4 Å². The summed E-state index contributed by atoms with van der Waals surface area (Å²) in [6.45, 7) is 2.28. The predicted molar refractivity (Wildman–Crippen MR) is 80.4 cm³/mol. The van der Waals surface area contributed by atoms with Crippen LogP contribution in [0.3, 0.4) is 0 Å². The number of rotatable bonds is 4. The zero-order chi connectivity index (χ0) is 14.8. The predicted octanol–water partition coefficient (Wildman–Crippen LogP) is 4.03. The van der Waals surface area contributed by atoms with Crippen LogP contribution in [0.5, 0.6) is 11.5 Å². The number of halogens is 1. The second-order valence-electron chi connectivity index (χ2n) is 5.20. The van der Waals surface area contributed by atoms with Crippen LogP contribution in [0.2, 0.25) is 0 Å². The molecule has 1 atom stereocenters. The number of phenols is 1. The average Bonchev–Trinajstić information content (AvgIpc) is 2.84. The molecule has 0 aromatic heterocycles. The monoisotopic (exact) mass is 287 g/mol. The quantitative estimate of drug-likeness (QED) is 0.892. The summed E-state index contributed by atoms with van der Waals surface area (Å²) < 4.78 is 19.1. The van der Waals surface area contributed by atoms with E-state index in [9.17, 15) is 9.50 Å². The van der Waals surface area contributed by atoms with Crippen molar-refractivity contribution in [3.63, 3.8) is 0 Å². The maximum Gasteiger partial charge on any atom is 0.167 e. The van der Waals surface area contributed by atoms with Gasteiger partial charge in [-0.3, -0.25) is 0 Å². The van der Waals surface area contributed by atoms with Crippen molar-refractivity contribution in [1.82, 2.24) is 0 Å². The highest BCUT2D eigenvalue weighted by molar-refractivity contribution is 5.51. The lowest BCUT2D eigenvalue weighted by Crippen LogP contribution is -2.07. The molecule has 3 nitrogen and oxygen atoms in total. The Balaban J connectivity index is 1.78. The Labute approximate surface area is 123 Å². The van der Waals surface area contributed by atoms with Crippen LogP contribution in [-0.4, -0.2) is 11.7 Å². The summed E-state index contributed by atoms with van der Waals surface area (Å²) in [5.41, 5.74) is 3.06. The standard InChI is InChI=1S/C17H18FNO2/c1-2-21-17-8-4-12(10-15(17)18)19-16-7-3-11-9-13(20)5-6-14(11)16/h4-6,8-10,16,19-20H,2-3,7H2,1H3. The van der Waals surface area contributed by atoms with Gasteiger partial charge in [-0.05, 0) is 55.2 Å². The van der Waals surface area contributed by atoms with Crippen LogP contribution in [-0.2, 0) is 6.42 Å². The molecule has 21 heavy (non-hydrogen) atoms. The van der Waals surface area contributed by atoms with Crippen molar-refractivity contribution in [2.75, 3.05) is 11.9 Å². The number of fused-ring (bicyclic) bond motifs is 1. The SMILES string of the molecule is CCOc1ccc(NC2CCc3cc(O)ccc32)cc1F. The molecule has 0 saturated heterocycles. The van der Waals surface area contributed by atoms with Gasteiger partial charge in [0.15, 0.2) is 11.6 Å². The van der Waals surface area contributed by atoms with Crippen molar-refractivity contribution in [1.29, 1.82) is 0 Å². The first-order valence-corrected chi connectivity index (χ1v) is 7.18. The van der Waals surface area contributed by atoms with Crippen LogP contribution in [0.4, 0.5) is 10.1 Å². The largest absolute Gasteiger partial charge is 0.508 e. The molecular weight excluding hydrogens is 269 g/mol. The topological polar surface area (TPSA) is 41.5 Å². The number of hydrogen-bond acceptors (Lipinski definition) is 3. The summed E-state index contributed by atoms with van der Waals surface area (Å²) in [5.74, 6) is 0.215. The fraction of sp³-hybridized carbons (Fsp3) is 0.294. The van der Waals surface area contributed by atoms with E-state index in [4.69, 9.17) is 4.74 Å². The lowest BCUT2D eigenvalue weighted by molar-refractivity contribution is 0.321. The molecule has 0 amide bonds. The summed E-state index contributed by atoms with van der Waals surface area (Å²) in [7, 11) is 0. The Hall–Kier alpha value is -2.23. The zero-order valence-electron chi connectivity index (χ0n) is 11.9. The van der Waals surface area contributed by atoms with E-state index in [1.807, 2.05) is 19.1 Å². The van der Waals surface area contributed by atoms with Crippen LogP contribution in [0.1, 0.15) is 30.5 Å². The van der Waals surface area contributed by atoms with Gasteiger partial charge >= 0.3 is 0 Å². The summed E-state index contributed by atoms with van der Waals surface area (Å²) in [5, 5.41) is 12.9. The Morgan fingerprint density at radius 1 is 1.29 bits per heavy atom. The van der Waals surface area contributed by atoms with E-state index in [2.05, 4.69) is 5.32 Å². The first-order chi connectivity index (χ1) is 10.2. The minimum atomic E-state index is -0.356. The van der Waals surface area contributed by atoms with E-state index < -0.39 is 0 Å². The highest BCUT2D eigenvalue weighted by Crippen LogP contribution is 2.36. The number of benzene rings is 2. The Morgan fingerprint density at radius 2 is 2.14 bits per heavy atom. The lowest BCUT2D eigenvalue weighted by atomic mass is 10.1. The second kappa shape index (κ2) is 5.64. The van der Waals surface area contributed by atoms with Crippen molar-refractivity contribution in [2.24, 2.45) is 0 Å². The van der Waals surface area contributed by atoms with Crippen molar-refractivity contribution in [3.8, 4) is 11.5 Å². The molecule has 0 bridgehead atoms. The van der Waals surface area contributed by atoms with Crippen molar-refractivity contribution in [3.05, 3.63) is 53.3 Å².